The zero-order chi connectivity index (χ0) is 17.2. The third-order valence-electron chi connectivity index (χ3n) is 4.87. The van der Waals surface area contributed by atoms with Gasteiger partial charge in [0.25, 0.3) is 0 Å². The number of fused-ring (bicyclic) bond motifs is 1. The molecule has 1 aliphatic rings. The number of piperazine rings is 1. The monoisotopic (exact) mass is 333 g/mol. The van der Waals surface area contributed by atoms with E-state index < -0.39 is 0 Å². The van der Waals surface area contributed by atoms with Crippen molar-refractivity contribution in [2.24, 2.45) is 0 Å². The van der Waals surface area contributed by atoms with Gasteiger partial charge in [0.05, 0.1) is 7.11 Å². The van der Waals surface area contributed by atoms with E-state index in [4.69, 9.17) is 9.72 Å². The minimum Gasteiger partial charge on any atom is -0.494 e. The van der Waals surface area contributed by atoms with E-state index in [1.54, 1.807) is 7.11 Å². The first-order valence-corrected chi connectivity index (χ1v) is 8.75. The quantitative estimate of drug-likeness (QED) is 0.727. The normalized spacial score (nSPS) is 14.8. The molecule has 0 atom stereocenters. The molecule has 3 aromatic rings. The first kappa shape index (κ1) is 15.8. The van der Waals surface area contributed by atoms with Gasteiger partial charge >= 0.3 is 0 Å². The summed E-state index contributed by atoms with van der Waals surface area (Å²) in [5, 5.41) is 1.16. The maximum absolute atomic E-state index is 5.51. The largest absolute Gasteiger partial charge is 0.494 e. The number of aromatic nitrogens is 1. The highest BCUT2D eigenvalue weighted by Gasteiger charge is 2.20. The molecule has 4 nitrogen and oxygen atoms in total. The molecule has 0 radical (unpaired) electrons. The first-order chi connectivity index (χ1) is 12.3. The van der Waals surface area contributed by atoms with Gasteiger partial charge in [-0.1, -0.05) is 30.3 Å². The lowest BCUT2D eigenvalue weighted by atomic mass is 10.1. The summed E-state index contributed by atoms with van der Waals surface area (Å²) in [6.45, 7) is 6.11. The van der Waals surface area contributed by atoms with E-state index in [0.717, 1.165) is 48.5 Å². The first-order valence-electron chi connectivity index (χ1n) is 8.75. The maximum atomic E-state index is 5.51. The lowest BCUT2D eigenvalue weighted by molar-refractivity contribution is 0.419. The number of para-hydroxylation sites is 2. The fraction of sp³-hybridized carbons (Fsp3) is 0.286. The summed E-state index contributed by atoms with van der Waals surface area (Å²) < 4.78 is 5.51. The fourth-order valence-corrected chi connectivity index (χ4v) is 3.60. The molecule has 0 amide bonds. The molecule has 1 saturated heterocycles. The second-order valence-electron chi connectivity index (χ2n) is 6.45. The van der Waals surface area contributed by atoms with Crippen molar-refractivity contribution in [2.75, 3.05) is 43.1 Å². The Morgan fingerprint density at radius 3 is 2.32 bits per heavy atom. The Labute approximate surface area is 148 Å². The van der Waals surface area contributed by atoms with Crippen molar-refractivity contribution in [3.63, 3.8) is 0 Å². The lowest BCUT2D eigenvalue weighted by Gasteiger charge is -2.38. The number of pyridine rings is 1. The maximum Gasteiger partial charge on any atom is 0.145 e. The van der Waals surface area contributed by atoms with Crippen LogP contribution >= 0.6 is 0 Å². The topological polar surface area (TPSA) is 28.6 Å². The Morgan fingerprint density at radius 2 is 1.60 bits per heavy atom. The summed E-state index contributed by atoms with van der Waals surface area (Å²) in [5.41, 5.74) is 4.54. The summed E-state index contributed by atoms with van der Waals surface area (Å²) in [6.07, 6.45) is 0. The summed E-state index contributed by atoms with van der Waals surface area (Å²) >= 11 is 0. The number of rotatable bonds is 3. The Hall–Kier alpha value is -2.75. The van der Waals surface area contributed by atoms with Crippen molar-refractivity contribution in [3.8, 4) is 5.75 Å². The molecule has 0 spiro atoms. The van der Waals surface area contributed by atoms with Crippen molar-refractivity contribution in [1.82, 2.24) is 4.98 Å². The standard InChI is InChI=1S/C21H23N3O/c1-16-15-19(18-9-6-10-20(25-2)21(18)22-16)24-13-11-23(12-14-24)17-7-4-3-5-8-17/h3-10,15H,11-14H2,1-2H3. The second-order valence-corrected chi connectivity index (χ2v) is 6.45. The molecular weight excluding hydrogens is 310 g/mol. The molecule has 1 fully saturated rings. The van der Waals surface area contributed by atoms with Gasteiger partial charge in [0.15, 0.2) is 0 Å². The van der Waals surface area contributed by atoms with Crippen LogP contribution in [0.3, 0.4) is 0 Å². The molecule has 0 N–H and O–H groups in total. The van der Waals surface area contributed by atoms with Crippen LogP contribution in [0.5, 0.6) is 5.75 Å². The van der Waals surface area contributed by atoms with E-state index in [9.17, 15) is 0 Å². The van der Waals surface area contributed by atoms with Gasteiger partial charge < -0.3 is 14.5 Å². The Kier molecular flexibility index (Phi) is 4.18. The molecule has 25 heavy (non-hydrogen) atoms. The number of methoxy groups -OCH3 is 1. The third kappa shape index (κ3) is 3.00. The van der Waals surface area contributed by atoms with Crippen molar-refractivity contribution in [1.29, 1.82) is 0 Å². The Bertz CT molecular complexity index is 871. The molecule has 0 bridgehead atoms. The van der Waals surface area contributed by atoms with Crippen LogP contribution in [-0.4, -0.2) is 38.3 Å². The van der Waals surface area contributed by atoms with Gasteiger partial charge in [0.1, 0.15) is 11.3 Å². The minimum absolute atomic E-state index is 0.838. The van der Waals surface area contributed by atoms with Crippen molar-refractivity contribution < 1.29 is 4.74 Å². The minimum atomic E-state index is 0.838. The van der Waals surface area contributed by atoms with E-state index >= 15 is 0 Å². The zero-order valence-electron chi connectivity index (χ0n) is 14.8. The highest BCUT2D eigenvalue weighted by Crippen LogP contribution is 2.33. The molecule has 4 rings (SSSR count). The summed E-state index contributed by atoms with van der Waals surface area (Å²) in [4.78, 5) is 9.62. The van der Waals surface area contributed by atoms with E-state index in [1.807, 2.05) is 12.1 Å². The summed E-state index contributed by atoms with van der Waals surface area (Å²) in [7, 11) is 1.71. The number of hydrogen-bond acceptors (Lipinski definition) is 4. The van der Waals surface area contributed by atoms with E-state index in [2.05, 4.69) is 59.2 Å². The number of hydrogen-bond donors (Lipinski definition) is 0. The average molecular weight is 333 g/mol. The Balaban J connectivity index is 1.63. The molecule has 0 aliphatic carbocycles. The van der Waals surface area contributed by atoms with Crippen LogP contribution in [-0.2, 0) is 0 Å². The van der Waals surface area contributed by atoms with Crippen LogP contribution in [0.25, 0.3) is 10.9 Å². The van der Waals surface area contributed by atoms with Gasteiger partial charge in [-0.15, -0.1) is 0 Å². The predicted molar refractivity (Wildman–Crippen MR) is 104 cm³/mol. The third-order valence-corrected chi connectivity index (χ3v) is 4.87. The molecule has 1 aromatic heterocycles. The van der Waals surface area contributed by atoms with Gasteiger partial charge in [0, 0.05) is 48.6 Å². The highest BCUT2D eigenvalue weighted by molar-refractivity contribution is 5.95. The number of anilines is 2. The molecule has 1 aliphatic heterocycles. The van der Waals surface area contributed by atoms with E-state index in [-0.39, 0.29) is 0 Å². The molecule has 2 heterocycles. The molecule has 0 saturated carbocycles. The molecular formula is C21H23N3O. The number of nitrogens with zero attached hydrogens (tertiary/aromatic N) is 3. The zero-order valence-corrected chi connectivity index (χ0v) is 14.8. The van der Waals surface area contributed by atoms with Gasteiger partial charge in [-0.05, 0) is 31.2 Å². The van der Waals surface area contributed by atoms with Crippen molar-refractivity contribution >= 4 is 22.3 Å². The van der Waals surface area contributed by atoms with Crippen LogP contribution in [0.4, 0.5) is 11.4 Å². The van der Waals surface area contributed by atoms with E-state index in [0.29, 0.717) is 0 Å². The van der Waals surface area contributed by atoms with Crippen LogP contribution in [0.1, 0.15) is 5.69 Å². The molecule has 128 valence electrons. The van der Waals surface area contributed by atoms with Gasteiger partial charge in [-0.2, -0.15) is 0 Å². The van der Waals surface area contributed by atoms with Gasteiger partial charge in [-0.25, -0.2) is 4.98 Å². The molecule has 4 heteroatoms. The SMILES string of the molecule is COc1cccc2c(N3CCN(c4ccccc4)CC3)cc(C)nc12. The second kappa shape index (κ2) is 6.63. The summed E-state index contributed by atoms with van der Waals surface area (Å²) in [6, 6.07) is 19.0. The molecule has 2 aromatic carbocycles. The lowest BCUT2D eigenvalue weighted by Crippen LogP contribution is -2.46. The Morgan fingerprint density at radius 1 is 0.880 bits per heavy atom. The summed E-state index contributed by atoms with van der Waals surface area (Å²) in [5.74, 6) is 0.838. The fourth-order valence-electron chi connectivity index (χ4n) is 3.60. The number of aryl methyl sites for hydroxylation is 1. The van der Waals surface area contributed by atoms with Crippen LogP contribution in [0.15, 0.2) is 54.6 Å². The van der Waals surface area contributed by atoms with Crippen molar-refractivity contribution in [3.05, 3.63) is 60.3 Å². The van der Waals surface area contributed by atoms with Gasteiger partial charge in [-0.3, -0.25) is 0 Å². The highest BCUT2D eigenvalue weighted by atomic mass is 16.5. The van der Waals surface area contributed by atoms with Crippen LogP contribution in [0, 0.1) is 6.92 Å². The number of ether oxygens (including phenoxy) is 1. The predicted octanol–water partition coefficient (Wildman–Crippen LogP) is 3.88. The number of benzene rings is 2. The van der Waals surface area contributed by atoms with Crippen LogP contribution in [0.2, 0.25) is 0 Å². The van der Waals surface area contributed by atoms with Crippen molar-refractivity contribution in [2.45, 2.75) is 6.92 Å². The van der Waals surface area contributed by atoms with Crippen LogP contribution < -0.4 is 14.5 Å². The smallest absolute Gasteiger partial charge is 0.145 e. The van der Waals surface area contributed by atoms with E-state index in [1.165, 1.54) is 11.4 Å². The average Bonchev–Trinajstić information content (AvgIpc) is 2.68. The van der Waals surface area contributed by atoms with Gasteiger partial charge in [0.2, 0.25) is 0 Å². The molecule has 0 unspecified atom stereocenters.